The van der Waals surface area contributed by atoms with Gasteiger partial charge in [0.05, 0.1) is 33.5 Å². The molecule has 5 nitrogen and oxygen atoms in total. The first-order valence-electron chi connectivity index (χ1n) is 8.56. The molecule has 3 rings (SSSR count). The maximum absolute atomic E-state index is 5.97. The fourth-order valence-electron chi connectivity index (χ4n) is 3.31. The monoisotopic (exact) mass is 344 g/mol. The Kier molecular flexibility index (Phi) is 5.79. The van der Waals surface area contributed by atoms with Crippen LogP contribution in [0.15, 0.2) is 36.4 Å². The van der Waals surface area contributed by atoms with Crippen molar-refractivity contribution in [2.75, 3.05) is 34.5 Å². The van der Waals surface area contributed by atoms with Crippen molar-refractivity contribution in [3.05, 3.63) is 53.1 Å². The molecule has 0 aromatic heterocycles. The minimum Gasteiger partial charge on any atom is -0.496 e. The van der Waals surface area contributed by atoms with Gasteiger partial charge in [-0.05, 0) is 23.6 Å². The van der Waals surface area contributed by atoms with Crippen LogP contribution in [0.25, 0.3) is 0 Å². The zero-order valence-electron chi connectivity index (χ0n) is 15.1. The molecular formula is C20H26NO4+. The van der Waals surface area contributed by atoms with E-state index >= 15 is 0 Å². The zero-order valence-corrected chi connectivity index (χ0v) is 15.1. The highest BCUT2D eigenvalue weighted by molar-refractivity contribution is 5.50. The molecule has 0 saturated carbocycles. The standard InChI is InChI=1S/C20H25NO4/c1-22-17-11-19(24-3)18(23-2)10-15(17)12-21-13-20-16-7-5-4-6-14(16)8-9-25-20/h4-7,10-11,20-21H,8-9,12-13H2,1-3H3/p+1/t20-/m1/s1. The van der Waals surface area contributed by atoms with Crippen LogP contribution in [0, 0.1) is 0 Å². The van der Waals surface area contributed by atoms with Crippen LogP contribution >= 0.6 is 0 Å². The highest BCUT2D eigenvalue weighted by Gasteiger charge is 2.22. The minimum atomic E-state index is 0.135. The van der Waals surface area contributed by atoms with Crippen molar-refractivity contribution < 1.29 is 24.3 Å². The molecule has 0 saturated heterocycles. The summed E-state index contributed by atoms with van der Waals surface area (Å²) in [6.07, 6.45) is 1.13. The van der Waals surface area contributed by atoms with Gasteiger partial charge in [-0.25, -0.2) is 0 Å². The first-order valence-corrected chi connectivity index (χ1v) is 8.56. The summed E-state index contributed by atoms with van der Waals surface area (Å²) in [5.41, 5.74) is 3.78. The number of fused-ring (bicyclic) bond motifs is 1. The second-order valence-electron chi connectivity index (χ2n) is 6.06. The van der Waals surface area contributed by atoms with E-state index in [1.54, 1.807) is 21.3 Å². The quantitative estimate of drug-likeness (QED) is 0.836. The number of hydrogen-bond donors (Lipinski definition) is 1. The largest absolute Gasteiger partial charge is 0.496 e. The molecule has 5 heteroatoms. The highest BCUT2D eigenvalue weighted by atomic mass is 16.5. The van der Waals surface area contributed by atoms with Gasteiger partial charge in [0, 0.05) is 6.07 Å². The molecule has 2 N–H and O–H groups in total. The number of quaternary nitrogens is 1. The summed E-state index contributed by atoms with van der Waals surface area (Å²) in [6, 6.07) is 12.4. The third kappa shape index (κ3) is 3.89. The smallest absolute Gasteiger partial charge is 0.164 e. The molecule has 134 valence electrons. The van der Waals surface area contributed by atoms with Gasteiger partial charge in [0.1, 0.15) is 24.9 Å². The third-order valence-electron chi connectivity index (χ3n) is 4.62. The van der Waals surface area contributed by atoms with Crippen LogP contribution in [0.2, 0.25) is 0 Å². The van der Waals surface area contributed by atoms with E-state index in [0.29, 0.717) is 11.5 Å². The molecule has 0 spiro atoms. The van der Waals surface area contributed by atoms with Crippen molar-refractivity contribution in [3.63, 3.8) is 0 Å². The fourth-order valence-corrected chi connectivity index (χ4v) is 3.31. The second-order valence-corrected chi connectivity index (χ2v) is 6.06. The second kappa shape index (κ2) is 8.23. The molecule has 2 aromatic carbocycles. The van der Waals surface area contributed by atoms with Gasteiger partial charge >= 0.3 is 0 Å². The van der Waals surface area contributed by atoms with Crippen molar-refractivity contribution in [1.82, 2.24) is 0 Å². The van der Waals surface area contributed by atoms with Crippen molar-refractivity contribution >= 4 is 0 Å². The normalized spacial score (nSPS) is 16.2. The summed E-state index contributed by atoms with van der Waals surface area (Å²) in [7, 11) is 4.94. The lowest BCUT2D eigenvalue weighted by Crippen LogP contribution is -2.83. The van der Waals surface area contributed by atoms with Crippen LogP contribution in [0.4, 0.5) is 0 Å². The third-order valence-corrected chi connectivity index (χ3v) is 4.62. The lowest BCUT2D eigenvalue weighted by Gasteiger charge is -2.25. The number of nitrogens with two attached hydrogens (primary N) is 1. The van der Waals surface area contributed by atoms with E-state index in [1.807, 2.05) is 12.1 Å². The Morgan fingerprint density at radius 2 is 1.72 bits per heavy atom. The molecule has 0 aliphatic carbocycles. The zero-order chi connectivity index (χ0) is 17.6. The van der Waals surface area contributed by atoms with E-state index in [0.717, 1.165) is 37.4 Å². The van der Waals surface area contributed by atoms with E-state index in [2.05, 4.69) is 29.6 Å². The fraction of sp³-hybridized carbons (Fsp3) is 0.400. The predicted octanol–water partition coefficient (Wildman–Crippen LogP) is 2.09. The SMILES string of the molecule is COc1cc(OC)c(OC)cc1C[NH2+]C[C@H]1OCCc2ccccc21. The molecule has 25 heavy (non-hydrogen) atoms. The highest BCUT2D eigenvalue weighted by Crippen LogP contribution is 2.34. The average molecular weight is 344 g/mol. The van der Waals surface area contributed by atoms with E-state index in [9.17, 15) is 0 Å². The van der Waals surface area contributed by atoms with E-state index < -0.39 is 0 Å². The lowest BCUT2D eigenvalue weighted by molar-refractivity contribution is -0.678. The maximum atomic E-state index is 5.97. The van der Waals surface area contributed by atoms with Gasteiger partial charge in [-0.3, -0.25) is 0 Å². The first kappa shape index (κ1) is 17.6. The number of ether oxygens (including phenoxy) is 4. The molecule has 1 aliphatic rings. The maximum Gasteiger partial charge on any atom is 0.164 e. The Morgan fingerprint density at radius 3 is 2.48 bits per heavy atom. The molecule has 0 amide bonds. The van der Waals surface area contributed by atoms with Crippen LogP contribution in [-0.2, 0) is 17.7 Å². The number of methoxy groups -OCH3 is 3. The van der Waals surface area contributed by atoms with Gasteiger partial charge < -0.3 is 24.3 Å². The Hall–Kier alpha value is -2.24. The molecule has 1 aliphatic heterocycles. The summed E-state index contributed by atoms with van der Waals surface area (Å²) in [5, 5.41) is 2.25. The van der Waals surface area contributed by atoms with Gasteiger partial charge in [0.15, 0.2) is 11.5 Å². The topological polar surface area (TPSA) is 53.5 Å². The Labute approximate surface area is 148 Å². The summed E-state index contributed by atoms with van der Waals surface area (Å²) in [6.45, 7) is 2.44. The van der Waals surface area contributed by atoms with Gasteiger partial charge in [-0.1, -0.05) is 24.3 Å². The van der Waals surface area contributed by atoms with Crippen LogP contribution in [0.1, 0.15) is 22.8 Å². The molecule has 0 unspecified atom stereocenters. The average Bonchev–Trinajstić information content (AvgIpc) is 2.67. The van der Waals surface area contributed by atoms with Crippen LogP contribution < -0.4 is 19.5 Å². The number of hydrogen-bond acceptors (Lipinski definition) is 4. The Balaban J connectivity index is 1.68. The van der Waals surface area contributed by atoms with E-state index in [1.165, 1.54) is 11.1 Å². The molecule has 2 aromatic rings. The Morgan fingerprint density at radius 1 is 1.00 bits per heavy atom. The summed E-state index contributed by atoms with van der Waals surface area (Å²) < 4.78 is 22.2. The van der Waals surface area contributed by atoms with Gasteiger partial charge in [-0.15, -0.1) is 0 Å². The van der Waals surface area contributed by atoms with Crippen molar-refractivity contribution in [2.45, 2.75) is 19.1 Å². The number of rotatable bonds is 7. The van der Waals surface area contributed by atoms with E-state index in [-0.39, 0.29) is 6.10 Å². The van der Waals surface area contributed by atoms with Crippen molar-refractivity contribution in [2.24, 2.45) is 0 Å². The summed E-state index contributed by atoms with van der Waals surface area (Å²) >= 11 is 0. The lowest BCUT2D eigenvalue weighted by atomic mass is 9.97. The summed E-state index contributed by atoms with van der Waals surface area (Å²) in [4.78, 5) is 0. The van der Waals surface area contributed by atoms with Crippen molar-refractivity contribution in [3.8, 4) is 17.2 Å². The molecular weight excluding hydrogens is 318 g/mol. The van der Waals surface area contributed by atoms with Gasteiger partial charge in [-0.2, -0.15) is 0 Å². The van der Waals surface area contributed by atoms with Crippen molar-refractivity contribution in [1.29, 1.82) is 0 Å². The van der Waals surface area contributed by atoms with Gasteiger partial charge in [0.2, 0.25) is 0 Å². The van der Waals surface area contributed by atoms with Crippen LogP contribution in [0.5, 0.6) is 17.2 Å². The van der Waals surface area contributed by atoms with Crippen LogP contribution in [0.3, 0.4) is 0 Å². The minimum absolute atomic E-state index is 0.135. The molecule has 0 bridgehead atoms. The molecule has 0 fully saturated rings. The molecule has 1 heterocycles. The Bertz CT molecular complexity index is 717. The molecule has 0 radical (unpaired) electrons. The predicted molar refractivity (Wildman–Crippen MR) is 95.4 cm³/mol. The number of benzene rings is 2. The molecule has 1 atom stereocenters. The summed E-state index contributed by atoms with van der Waals surface area (Å²) in [5.74, 6) is 2.19. The van der Waals surface area contributed by atoms with Crippen LogP contribution in [-0.4, -0.2) is 34.5 Å². The first-order chi connectivity index (χ1) is 12.3. The van der Waals surface area contributed by atoms with E-state index in [4.69, 9.17) is 18.9 Å². The van der Waals surface area contributed by atoms with Gasteiger partial charge in [0.25, 0.3) is 0 Å².